The molecule has 7 heteroatoms. The molecule has 21 heavy (non-hydrogen) atoms. The van der Waals surface area contributed by atoms with Crippen LogP contribution in [0.4, 0.5) is 0 Å². The van der Waals surface area contributed by atoms with E-state index in [9.17, 15) is 9.59 Å². The highest BCUT2D eigenvalue weighted by atomic mass is 32.1. The van der Waals surface area contributed by atoms with Gasteiger partial charge in [-0.2, -0.15) is 12.6 Å². The summed E-state index contributed by atoms with van der Waals surface area (Å²) in [5.41, 5.74) is 2.19. The van der Waals surface area contributed by atoms with Crippen molar-refractivity contribution in [1.82, 2.24) is 19.9 Å². The van der Waals surface area contributed by atoms with E-state index in [4.69, 9.17) is 0 Å². The number of thiol groups is 1. The minimum atomic E-state index is -0.567. The van der Waals surface area contributed by atoms with Crippen molar-refractivity contribution in [3.8, 4) is 0 Å². The second-order valence-electron chi connectivity index (χ2n) is 4.63. The maximum atomic E-state index is 11.4. The Labute approximate surface area is 124 Å². The number of benzene rings is 1. The van der Waals surface area contributed by atoms with Gasteiger partial charge >= 0.3 is 5.69 Å². The number of rotatable bonds is 2. The van der Waals surface area contributed by atoms with E-state index in [2.05, 4.69) is 32.6 Å². The van der Waals surface area contributed by atoms with Gasteiger partial charge in [-0.05, 0) is 19.1 Å². The zero-order chi connectivity index (χ0) is 15.0. The number of hydrogen-bond acceptors (Lipinski definition) is 5. The molecule has 1 unspecified atom stereocenters. The van der Waals surface area contributed by atoms with Crippen LogP contribution in [-0.4, -0.2) is 19.9 Å². The van der Waals surface area contributed by atoms with Crippen LogP contribution < -0.4 is 11.2 Å². The number of aromatic amines is 2. The van der Waals surface area contributed by atoms with Crippen molar-refractivity contribution in [3.05, 3.63) is 68.3 Å². The van der Waals surface area contributed by atoms with E-state index in [-0.39, 0.29) is 0 Å². The van der Waals surface area contributed by atoms with Gasteiger partial charge in [0, 0.05) is 11.8 Å². The lowest BCUT2D eigenvalue weighted by atomic mass is 10.1. The molecule has 0 saturated carbocycles. The smallest absolute Gasteiger partial charge is 0.310 e. The molecule has 2 aromatic heterocycles. The van der Waals surface area contributed by atoms with Gasteiger partial charge in [-0.1, -0.05) is 12.1 Å². The fraction of sp³-hybridized carbons (Fsp3) is 0.143. The quantitative estimate of drug-likeness (QED) is 0.623. The molecule has 1 aromatic carbocycles. The SMILES string of the molecule is Cc1nc2ccccc2nc1C(S)c1cc(=O)[nH]c(=O)[nH]1. The van der Waals surface area contributed by atoms with Crippen LogP contribution in [0, 0.1) is 6.92 Å². The molecule has 106 valence electrons. The molecule has 0 aliphatic heterocycles. The molecule has 0 aliphatic carbocycles. The Morgan fingerprint density at radius 1 is 1.10 bits per heavy atom. The number of fused-ring (bicyclic) bond motifs is 1. The minimum Gasteiger partial charge on any atom is -0.310 e. The van der Waals surface area contributed by atoms with Crippen LogP contribution in [0.25, 0.3) is 11.0 Å². The Bertz CT molecular complexity index is 904. The molecule has 2 heterocycles. The number of H-pyrrole nitrogens is 2. The summed E-state index contributed by atoms with van der Waals surface area (Å²) in [6.07, 6.45) is 0. The first-order valence-electron chi connectivity index (χ1n) is 6.29. The van der Waals surface area contributed by atoms with Crippen molar-refractivity contribution < 1.29 is 0 Å². The van der Waals surface area contributed by atoms with Gasteiger partial charge in [0.25, 0.3) is 5.56 Å². The second kappa shape index (κ2) is 5.17. The van der Waals surface area contributed by atoms with Gasteiger partial charge in [-0.15, -0.1) is 0 Å². The first kappa shape index (κ1) is 13.6. The molecule has 2 N–H and O–H groups in total. The van der Waals surface area contributed by atoms with Gasteiger partial charge in [0.2, 0.25) is 0 Å². The number of hydrogen-bond donors (Lipinski definition) is 3. The Morgan fingerprint density at radius 2 is 1.76 bits per heavy atom. The lowest BCUT2D eigenvalue weighted by Gasteiger charge is -2.13. The van der Waals surface area contributed by atoms with Gasteiger partial charge in [0.1, 0.15) is 0 Å². The molecular formula is C14H12N4O2S. The molecule has 0 fully saturated rings. The van der Waals surface area contributed by atoms with E-state index in [1.54, 1.807) is 0 Å². The van der Waals surface area contributed by atoms with Crippen molar-refractivity contribution in [2.24, 2.45) is 0 Å². The van der Waals surface area contributed by atoms with Crippen LogP contribution in [-0.2, 0) is 0 Å². The summed E-state index contributed by atoms with van der Waals surface area (Å²) >= 11 is 4.47. The third-order valence-electron chi connectivity index (χ3n) is 3.12. The monoisotopic (exact) mass is 300 g/mol. The number of nitrogens with one attached hydrogen (secondary N) is 2. The minimum absolute atomic E-state index is 0.389. The third kappa shape index (κ3) is 2.59. The van der Waals surface area contributed by atoms with Crippen LogP contribution in [0.3, 0.4) is 0 Å². The van der Waals surface area contributed by atoms with Gasteiger partial charge in [-0.3, -0.25) is 9.78 Å². The van der Waals surface area contributed by atoms with Crippen molar-refractivity contribution in [2.75, 3.05) is 0 Å². The maximum Gasteiger partial charge on any atom is 0.325 e. The van der Waals surface area contributed by atoms with Gasteiger partial charge in [0.05, 0.1) is 27.7 Å². The number of aromatic nitrogens is 4. The van der Waals surface area contributed by atoms with Crippen LogP contribution in [0.5, 0.6) is 0 Å². The molecule has 1 atom stereocenters. The molecule has 6 nitrogen and oxygen atoms in total. The first-order chi connectivity index (χ1) is 10.0. The van der Waals surface area contributed by atoms with E-state index >= 15 is 0 Å². The lowest BCUT2D eigenvalue weighted by molar-refractivity contribution is 0.910. The molecule has 3 rings (SSSR count). The molecular weight excluding hydrogens is 288 g/mol. The van der Waals surface area contributed by atoms with Crippen molar-refractivity contribution >= 4 is 23.7 Å². The Morgan fingerprint density at radius 3 is 2.43 bits per heavy atom. The van der Waals surface area contributed by atoms with Crippen LogP contribution in [0.1, 0.15) is 22.3 Å². The fourth-order valence-electron chi connectivity index (χ4n) is 2.14. The summed E-state index contributed by atoms with van der Waals surface area (Å²) in [6.45, 7) is 1.82. The summed E-state index contributed by atoms with van der Waals surface area (Å²) in [5, 5.41) is -0.530. The van der Waals surface area contributed by atoms with Gasteiger partial charge in [-0.25, -0.2) is 14.8 Å². The molecule has 0 saturated heterocycles. The molecule has 0 spiro atoms. The number of aryl methyl sites for hydroxylation is 1. The average Bonchev–Trinajstić information content (AvgIpc) is 2.44. The number of para-hydroxylation sites is 2. The molecule has 0 amide bonds. The molecule has 0 radical (unpaired) electrons. The number of nitrogens with zero attached hydrogens (tertiary/aromatic N) is 2. The highest BCUT2D eigenvalue weighted by Crippen LogP contribution is 2.27. The summed E-state index contributed by atoms with van der Waals surface area (Å²) in [5.74, 6) is 0. The normalized spacial score (nSPS) is 12.5. The third-order valence-corrected chi connectivity index (χ3v) is 3.64. The van der Waals surface area contributed by atoms with Crippen molar-refractivity contribution in [2.45, 2.75) is 12.2 Å². The zero-order valence-electron chi connectivity index (χ0n) is 11.1. The predicted octanol–water partition coefficient (Wildman–Crippen LogP) is 1.33. The Hall–Kier alpha value is -2.41. The zero-order valence-corrected chi connectivity index (χ0v) is 12.0. The average molecular weight is 300 g/mol. The van der Waals surface area contributed by atoms with E-state index in [1.165, 1.54) is 6.07 Å². The summed E-state index contributed by atoms with van der Waals surface area (Å²) in [6, 6.07) is 8.80. The topological polar surface area (TPSA) is 91.5 Å². The Balaban J connectivity index is 2.16. The largest absolute Gasteiger partial charge is 0.325 e. The molecule has 0 aliphatic rings. The predicted molar refractivity (Wildman–Crippen MR) is 82.8 cm³/mol. The van der Waals surface area contributed by atoms with Gasteiger partial charge < -0.3 is 4.98 Å². The van der Waals surface area contributed by atoms with Crippen molar-refractivity contribution in [3.63, 3.8) is 0 Å². The molecule has 0 bridgehead atoms. The highest BCUT2D eigenvalue weighted by molar-refractivity contribution is 7.80. The van der Waals surface area contributed by atoms with Crippen LogP contribution in [0.2, 0.25) is 0 Å². The summed E-state index contributed by atoms with van der Waals surface area (Å²) in [7, 11) is 0. The highest BCUT2D eigenvalue weighted by Gasteiger charge is 2.17. The van der Waals surface area contributed by atoms with Crippen molar-refractivity contribution in [1.29, 1.82) is 0 Å². The standard InChI is InChI=1S/C14H12N4O2S/c1-7-12(16-9-5-3-2-4-8(9)15-7)13(21)10-6-11(19)18-14(20)17-10/h2-6,13,21H,1H3,(H2,17,18,19,20). The van der Waals surface area contributed by atoms with E-state index < -0.39 is 16.5 Å². The maximum absolute atomic E-state index is 11.4. The second-order valence-corrected chi connectivity index (χ2v) is 5.14. The molecule has 3 aromatic rings. The lowest BCUT2D eigenvalue weighted by Crippen LogP contribution is -2.24. The van der Waals surface area contributed by atoms with E-state index in [0.717, 1.165) is 11.0 Å². The van der Waals surface area contributed by atoms with E-state index in [1.807, 2.05) is 31.2 Å². The first-order valence-corrected chi connectivity index (χ1v) is 6.81. The van der Waals surface area contributed by atoms with Gasteiger partial charge in [0.15, 0.2) is 0 Å². The summed E-state index contributed by atoms with van der Waals surface area (Å²) < 4.78 is 0. The fourth-order valence-corrected chi connectivity index (χ4v) is 2.53. The van der Waals surface area contributed by atoms with Crippen LogP contribution >= 0.6 is 12.6 Å². The van der Waals surface area contributed by atoms with Crippen LogP contribution in [0.15, 0.2) is 39.9 Å². The summed E-state index contributed by atoms with van der Waals surface area (Å²) in [4.78, 5) is 36.5. The van der Waals surface area contributed by atoms with E-state index in [0.29, 0.717) is 17.1 Å². The Kier molecular flexibility index (Phi) is 3.34.